The summed E-state index contributed by atoms with van der Waals surface area (Å²) in [5.74, 6) is -0.970. The lowest BCUT2D eigenvalue weighted by atomic mass is 10.1. The van der Waals surface area contributed by atoms with E-state index in [2.05, 4.69) is 10.1 Å². The highest BCUT2D eigenvalue weighted by Crippen LogP contribution is 2.12. The normalized spacial score (nSPS) is 10.7. The first-order valence-corrected chi connectivity index (χ1v) is 4.65. The van der Waals surface area contributed by atoms with Gasteiger partial charge in [-0.1, -0.05) is 6.07 Å². The second-order valence-electron chi connectivity index (χ2n) is 3.44. The van der Waals surface area contributed by atoms with Crippen molar-refractivity contribution in [2.24, 2.45) is 7.05 Å². The predicted octanol–water partition coefficient (Wildman–Crippen LogP) is 1.27. The maximum absolute atomic E-state index is 12.9. The molecule has 2 rings (SSSR count). The van der Waals surface area contributed by atoms with Crippen molar-refractivity contribution in [2.45, 2.75) is 6.42 Å². The molecule has 1 aromatic heterocycles. The number of nitrogens with two attached hydrogens (primary N) is 1. The summed E-state index contributed by atoms with van der Waals surface area (Å²) < 4.78 is 27.0. The van der Waals surface area contributed by atoms with E-state index in [4.69, 9.17) is 5.73 Å². The zero-order chi connectivity index (χ0) is 11.7. The van der Waals surface area contributed by atoms with E-state index < -0.39 is 11.6 Å². The Morgan fingerprint density at radius 2 is 2.06 bits per heavy atom. The Morgan fingerprint density at radius 1 is 1.31 bits per heavy atom. The average molecular weight is 224 g/mol. The zero-order valence-electron chi connectivity index (χ0n) is 8.61. The van der Waals surface area contributed by atoms with Crippen molar-refractivity contribution in [3.8, 4) is 0 Å². The maximum atomic E-state index is 12.9. The molecule has 6 heteroatoms. The lowest BCUT2D eigenvalue weighted by molar-refractivity contribution is 0.507. The molecule has 4 nitrogen and oxygen atoms in total. The van der Waals surface area contributed by atoms with Crippen molar-refractivity contribution in [3.05, 3.63) is 41.2 Å². The molecule has 0 bridgehead atoms. The van der Waals surface area contributed by atoms with Gasteiger partial charge in [0.25, 0.3) is 0 Å². The Morgan fingerprint density at radius 3 is 2.62 bits per heavy atom. The summed E-state index contributed by atoms with van der Waals surface area (Å²) in [4.78, 5) is 3.97. The van der Waals surface area contributed by atoms with Crippen LogP contribution in [0.15, 0.2) is 18.2 Å². The number of anilines is 1. The van der Waals surface area contributed by atoms with Crippen LogP contribution in [-0.4, -0.2) is 14.8 Å². The first-order valence-electron chi connectivity index (χ1n) is 4.65. The summed E-state index contributed by atoms with van der Waals surface area (Å²) >= 11 is 0. The topological polar surface area (TPSA) is 56.7 Å². The van der Waals surface area contributed by atoms with Gasteiger partial charge in [-0.15, -0.1) is 0 Å². The molecule has 0 saturated heterocycles. The first-order chi connectivity index (χ1) is 7.56. The van der Waals surface area contributed by atoms with Crippen LogP contribution >= 0.6 is 0 Å². The number of aryl methyl sites for hydroxylation is 1. The van der Waals surface area contributed by atoms with E-state index in [-0.39, 0.29) is 5.95 Å². The summed E-state index contributed by atoms with van der Waals surface area (Å²) in [5.41, 5.74) is 6.10. The van der Waals surface area contributed by atoms with Crippen LogP contribution in [0.3, 0.4) is 0 Å². The summed E-state index contributed by atoms with van der Waals surface area (Å²) in [6.45, 7) is 0. The van der Waals surface area contributed by atoms with Crippen LogP contribution in [0.2, 0.25) is 0 Å². The van der Waals surface area contributed by atoms with E-state index in [1.165, 1.54) is 10.7 Å². The molecule has 0 fully saturated rings. The molecule has 0 atom stereocenters. The van der Waals surface area contributed by atoms with Gasteiger partial charge in [-0.2, -0.15) is 10.1 Å². The van der Waals surface area contributed by atoms with Crippen LogP contribution in [0.1, 0.15) is 11.4 Å². The fourth-order valence-corrected chi connectivity index (χ4v) is 1.36. The predicted molar refractivity (Wildman–Crippen MR) is 54.6 cm³/mol. The number of nitrogen functional groups attached to an aromatic ring is 1. The molecule has 0 unspecified atom stereocenters. The van der Waals surface area contributed by atoms with Crippen LogP contribution in [0.25, 0.3) is 0 Å². The Kier molecular flexibility index (Phi) is 2.55. The van der Waals surface area contributed by atoms with Crippen LogP contribution in [0.4, 0.5) is 14.7 Å². The molecule has 2 aromatic rings. The molecule has 0 aliphatic carbocycles. The van der Waals surface area contributed by atoms with Gasteiger partial charge in [0.15, 0.2) is 17.5 Å². The molecule has 2 N–H and O–H groups in total. The molecule has 0 saturated carbocycles. The molecule has 0 aliphatic rings. The third-order valence-corrected chi connectivity index (χ3v) is 2.19. The van der Waals surface area contributed by atoms with Crippen molar-refractivity contribution in [2.75, 3.05) is 5.73 Å². The van der Waals surface area contributed by atoms with Crippen molar-refractivity contribution >= 4 is 5.95 Å². The molecule has 0 radical (unpaired) electrons. The van der Waals surface area contributed by atoms with Gasteiger partial charge < -0.3 is 5.73 Å². The highest BCUT2D eigenvalue weighted by Gasteiger charge is 2.07. The van der Waals surface area contributed by atoms with E-state index in [9.17, 15) is 8.78 Å². The summed E-state index contributed by atoms with van der Waals surface area (Å²) in [6, 6.07) is 3.70. The third kappa shape index (κ3) is 2.00. The largest absolute Gasteiger partial charge is 0.368 e. The standard InChI is InChI=1S/C10H10F2N4/c1-16-10(13)14-9(15-16)5-6-2-3-7(11)8(12)4-6/h2-4H,5H2,1H3,(H2,13,14,15). The molecule has 84 valence electrons. The van der Waals surface area contributed by atoms with Crippen LogP contribution < -0.4 is 5.73 Å². The Hall–Kier alpha value is -1.98. The van der Waals surface area contributed by atoms with Gasteiger partial charge in [-0.3, -0.25) is 0 Å². The van der Waals surface area contributed by atoms with E-state index in [1.807, 2.05) is 0 Å². The first kappa shape index (κ1) is 10.5. The van der Waals surface area contributed by atoms with Crippen molar-refractivity contribution < 1.29 is 8.78 Å². The highest BCUT2D eigenvalue weighted by atomic mass is 19.2. The number of aromatic nitrogens is 3. The fourth-order valence-electron chi connectivity index (χ4n) is 1.36. The Labute approximate surface area is 90.7 Å². The number of hydrogen-bond acceptors (Lipinski definition) is 3. The number of benzene rings is 1. The third-order valence-electron chi connectivity index (χ3n) is 2.19. The zero-order valence-corrected chi connectivity index (χ0v) is 8.61. The lowest BCUT2D eigenvalue weighted by Crippen LogP contribution is -1.97. The summed E-state index contributed by atoms with van der Waals surface area (Å²) in [7, 11) is 1.66. The second-order valence-corrected chi connectivity index (χ2v) is 3.44. The minimum absolute atomic E-state index is 0.289. The SMILES string of the molecule is Cn1nc(Cc2ccc(F)c(F)c2)nc1N. The minimum Gasteiger partial charge on any atom is -0.368 e. The summed E-state index contributed by atoms with van der Waals surface area (Å²) in [5, 5.41) is 4.02. The molecule has 1 heterocycles. The number of hydrogen-bond donors (Lipinski definition) is 1. The van der Waals surface area contributed by atoms with E-state index in [0.717, 1.165) is 12.1 Å². The van der Waals surface area contributed by atoms with Crippen LogP contribution in [0, 0.1) is 11.6 Å². The van der Waals surface area contributed by atoms with Crippen LogP contribution in [-0.2, 0) is 13.5 Å². The number of rotatable bonds is 2. The van der Waals surface area contributed by atoms with Crippen molar-refractivity contribution in [1.29, 1.82) is 0 Å². The van der Waals surface area contributed by atoms with Gasteiger partial charge >= 0.3 is 0 Å². The monoisotopic (exact) mass is 224 g/mol. The Bertz CT molecular complexity index is 502. The maximum Gasteiger partial charge on any atom is 0.218 e. The molecule has 16 heavy (non-hydrogen) atoms. The van der Waals surface area contributed by atoms with Crippen molar-refractivity contribution in [3.63, 3.8) is 0 Å². The van der Waals surface area contributed by atoms with Gasteiger partial charge in [-0.25, -0.2) is 13.5 Å². The summed E-state index contributed by atoms with van der Waals surface area (Å²) in [6.07, 6.45) is 0.322. The van der Waals surface area contributed by atoms with Gasteiger partial charge in [0.2, 0.25) is 5.95 Å². The lowest BCUT2D eigenvalue weighted by Gasteiger charge is -1.98. The quantitative estimate of drug-likeness (QED) is 0.835. The molecule has 0 aliphatic heterocycles. The highest BCUT2D eigenvalue weighted by molar-refractivity contribution is 5.23. The smallest absolute Gasteiger partial charge is 0.218 e. The number of halogens is 2. The molecular weight excluding hydrogens is 214 g/mol. The van der Waals surface area contributed by atoms with E-state index in [1.54, 1.807) is 7.05 Å². The molecule has 1 aromatic carbocycles. The van der Waals surface area contributed by atoms with E-state index in [0.29, 0.717) is 17.8 Å². The molecular formula is C10H10F2N4. The number of nitrogens with zero attached hydrogens (tertiary/aromatic N) is 3. The fraction of sp³-hybridized carbons (Fsp3) is 0.200. The van der Waals surface area contributed by atoms with Gasteiger partial charge in [0.1, 0.15) is 0 Å². The molecule has 0 amide bonds. The van der Waals surface area contributed by atoms with Crippen molar-refractivity contribution in [1.82, 2.24) is 14.8 Å². The second kappa shape index (κ2) is 3.88. The Balaban J connectivity index is 2.23. The van der Waals surface area contributed by atoms with Gasteiger partial charge in [0.05, 0.1) is 0 Å². The van der Waals surface area contributed by atoms with Crippen LogP contribution in [0.5, 0.6) is 0 Å². The van der Waals surface area contributed by atoms with Gasteiger partial charge in [0, 0.05) is 13.5 Å². The average Bonchev–Trinajstić information content (AvgIpc) is 2.52. The molecule has 0 spiro atoms. The minimum atomic E-state index is -0.874. The van der Waals surface area contributed by atoms with Gasteiger partial charge in [-0.05, 0) is 17.7 Å². The van der Waals surface area contributed by atoms with E-state index >= 15 is 0 Å².